The first kappa shape index (κ1) is 20.0. The zero-order chi connectivity index (χ0) is 18.6. The molecule has 0 aliphatic carbocycles. The van der Waals surface area contributed by atoms with Crippen LogP contribution in [0.3, 0.4) is 0 Å². The summed E-state index contributed by atoms with van der Waals surface area (Å²) in [7, 11) is -0.610. The summed E-state index contributed by atoms with van der Waals surface area (Å²) < 4.78 is 38.7. The van der Waals surface area contributed by atoms with Crippen LogP contribution in [-0.2, 0) is 10.0 Å². The first-order valence-electron chi connectivity index (χ1n) is 8.82. The normalized spacial score (nSPS) is 18.7. The van der Waals surface area contributed by atoms with Gasteiger partial charge in [-0.15, -0.1) is 0 Å². The van der Waals surface area contributed by atoms with E-state index in [0.29, 0.717) is 30.5 Å². The van der Waals surface area contributed by atoms with Crippen molar-refractivity contribution in [1.82, 2.24) is 9.21 Å². The average molecular weight is 371 g/mol. The molecule has 1 heterocycles. The van der Waals surface area contributed by atoms with Crippen molar-refractivity contribution < 1.29 is 17.9 Å². The lowest BCUT2D eigenvalue weighted by atomic mass is 10.1. The van der Waals surface area contributed by atoms with Gasteiger partial charge in [0.15, 0.2) is 0 Å². The fourth-order valence-corrected chi connectivity index (χ4v) is 5.07. The van der Waals surface area contributed by atoms with Crippen molar-refractivity contribution in [3.63, 3.8) is 0 Å². The Morgan fingerprint density at radius 1 is 1.20 bits per heavy atom. The van der Waals surface area contributed by atoms with Crippen molar-refractivity contribution in [2.75, 3.05) is 46.9 Å². The fraction of sp³-hybridized carbons (Fsp3) is 0.667. The number of ether oxygens (including phenoxy) is 2. The van der Waals surface area contributed by atoms with E-state index in [2.05, 4.69) is 11.8 Å². The van der Waals surface area contributed by atoms with Crippen molar-refractivity contribution >= 4 is 10.0 Å². The lowest BCUT2D eigenvalue weighted by molar-refractivity contribution is 0.313. The number of aryl methyl sites for hydroxylation is 1. The van der Waals surface area contributed by atoms with Crippen LogP contribution in [0.5, 0.6) is 11.5 Å². The molecule has 0 aromatic heterocycles. The molecule has 0 radical (unpaired) electrons. The van der Waals surface area contributed by atoms with Crippen molar-refractivity contribution in [3.8, 4) is 11.5 Å². The average Bonchev–Trinajstić information content (AvgIpc) is 3.06. The first-order valence-corrected chi connectivity index (χ1v) is 10.3. The smallest absolute Gasteiger partial charge is 0.246 e. The number of benzene rings is 1. The van der Waals surface area contributed by atoms with Crippen molar-refractivity contribution in [3.05, 3.63) is 17.7 Å². The number of methoxy groups -OCH3 is 2. The Labute approximate surface area is 151 Å². The molecule has 142 valence electrons. The third-order valence-electron chi connectivity index (χ3n) is 4.93. The zero-order valence-electron chi connectivity index (χ0n) is 15.9. The second kappa shape index (κ2) is 8.38. The fourth-order valence-electron chi connectivity index (χ4n) is 3.40. The maximum atomic E-state index is 13.2. The molecular weight excluding hydrogens is 340 g/mol. The Morgan fingerprint density at radius 2 is 1.88 bits per heavy atom. The van der Waals surface area contributed by atoms with Crippen molar-refractivity contribution in [2.45, 2.75) is 32.1 Å². The lowest BCUT2D eigenvalue weighted by Crippen LogP contribution is -2.36. The van der Waals surface area contributed by atoms with Crippen LogP contribution in [0.15, 0.2) is 17.0 Å². The third kappa shape index (κ3) is 4.27. The van der Waals surface area contributed by atoms with E-state index in [1.807, 2.05) is 13.8 Å². The van der Waals surface area contributed by atoms with Gasteiger partial charge < -0.3 is 14.4 Å². The van der Waals surface area contributed by atoms with Crippen LogP contribution < -0.4 is 9.47 Å². The highest BCUT2D eigenvalue weighted by molar-refractivity contribution is 7.89. The van der Waals surface area contributed by atoms with Crippen LogP contribution in [0.1, 0.15) is 25.8 Å². The van der Waals surface area contributed by atoms with Crippen LogP contribution in [0.4, 0.5) is 0 Å². The standard InChI is InChI=1S/C18H30N2O4S/c1-6-19-9-8-15(12-19)13-20(7-2)25(21,22)18-11-16(23-4)14(3)10-17(18)24-5/h10-11,15H,6-9,12-13H2,1-5H3. The number of hydrogen-bond donors (Lipinski definition) is 0. The monoisotopic (exact) mass is 370 g/mol. The van der Waals surface area contributed by atoms with Gasteiger partial charge in [0.1, 0.15) is 16.4 Å². The van der Waals surface area contributed by atoms with Gasteiger partial charge >= 0.3 is 0 Å². The molecule has 1 atom stereocenters. The highest BCUT2D eigenvalue weighted by Crippen LogP contribution is 2.34. The molecule has 25 heavy (non-hydrogen) atoms. The second-order valence-electron chi connectivity index (χ2n) is 6.48. The van der Waals surface area contributed by atoms with Gasteiger partial charge in [-0.05, 0) is 44.0 Å². The van der Waals surface area contributed by atoms with Crippen molar-refractivity contribution in [1.29, 1.82) is 0 Å². The van der Waals surface area contributed by atoms with Gasteiger partial charge in [0, 0.05) is 25.7 Å². The van der Waals surface area contributed by atoms with E-state index >= 15 is 0 Å². The third-order valence-corrected chi connectivity index (χ3v) is 6.89. The van der Waals surface area contributed by atoms with E-state index in [1.165, 1.54) is 7.11 Å². The first-order chi connectivity index (χ1) is 11.9. The number of hydrogen-bond acceptors (Lipinski definition) is 5. The molecule has 2 rings (SSSR count). The molecule has 1 saturated heterocycles. The maximum Gasteiger partial charge on any atom is 0.246 e. The Hall–Kier alpha value is -1.31. The molecule has 7 heteroatoms. The second-order valence-corrected chi connectivity index (χ2v) is 8.38. The van der Waals surface area contributed by atoms with E-state index in [-0.39, 0.29) is 4.90 Å². The van der Waals surface area contributed by atoms with Gasteiger partial charge in [0.2, 0.25) is 10.0 Å². The van der Waals surface area contributed by atoms with Gasteiger partial charge in [-0.3, -0.25) is 0 Å². The Morgan fingerprint density at radius 3 is 2.40 bits per heavy atom. The molecular formula is C18H30N2O4S. The molecule has 0 amide bonds. The molecule has 1 fully saturated rings. The van der Waals surface area contributed by atoms with Crippen LogP contribution >= 0.6 is 0 Å². The van der Waals surface area contributed by atoms with Gasteiger partial charge in [0.25, 0.3) is 0 Å². The summed E-state index contributed by atoms with van der Waals surface area (Å²) in [5, 5.41) is 0. The number of nitrogens with zero attached hydrogens (tertiary/aromatic N) is 2. The summed E-state index contributed by atoms with van der Waals surface area (Å²) in [6.45, 7) is 9.87. The van der Waals surface area contributed by atoms with Gasteiger partial charge in [-0.2, -0.15) is 4.31 Å². The molecule has 0 N–H and O–H groups in total. The molecule has 0 saturated carbocycles. The summed E-state index contributed by atoms with van der Waals surface area (Å²) >= 11 is 0. The topological polar surface area (TPSA) is 59.1 Å². The summed E-state index contributed by atoms with van der Waals surface area (Å²) in [6.07, 6.45) is 1.04. The number of rotatable bonds is 8. The van der Waals surface area contributed by atoms with Crippen LogP contribution in [0.2, 0.25) is 0 Å². The van der Waals surface area contributed by atoms with Gasteiger partial charge in [-0.25, -0.2) is 8.42 Å². The molecule has 1 unspecified atom stereocenters. The van der Waals surface area contributed by atoms with Crippen molar-refractivity contribution in [2.24, 2.45) is 5.92 Å². The summed E-state index contributed by atoms with van der Waals surface area (Å²) in [5.74, 6) is 1.28. The predicted molar refractivity (Wildman–Crippen MR) is 98.9 cm³/mol. The van der Waals surface area contributed by atoms with E-state index in [1.54, 1.807) is 23.5 Å². The minimum atomic E-state index is -3.65. The van der Waals surface area contributed by atoms with E-state index in [4.69, 9.17) is 9.47 Å². The molecule has 1 aliphatic heterocycles. The zero-order valence-corrected chi connectivity index (χ0v) is 16.7. The minimum absolute atomic E-state index is 0.171. The van der Waals surface area contributed by atoms with Gasteiger partial charge in [-0.1, -0.05) is 13.8 Å². The highest BCUT2D eigenvalue weighted by atomic mass is 32.2. The summed E-state index contributed by atoms with van der Waals surface area (Å²) in [6, 6.07) is 3.28. The Kier molecular flexibility index (Phi) is 6.71. The summed E-state index contributed by atoms with van der Waals surface area (Å²) in [5.41, 5.74) is 0.843. The maximum absolute atomic E-state index is 13.2. The largest absolute Gasteiger partial charge is 0.496 e. The molecule has 0 bridgehead atoms. The molecule has 6 nitrogen and oxygen atoms in total. The number of likely N-dealkylation sites (tertiary alicyclic amines) is 1. The Bertz CT molecular complexity index is 691. The highest BCUT2D eigenvalue weighted by Gasteiger charge is 2.32. The minimum Gasteiger partial charge on any atom is -0.496 e. The number of sulfonamides is 1. The SMILES string of the molecule is CCN1CCC(CN(CC)S(=O)(=O)c2cc(OC)c(C)cc2OC)C1. The predicted octanol–water partition coefficient (Wildman–Crippen LogP) is 2.36. The summed E-state index contributed by atoms with van der Waals surface area (Å²) in [4.78, 5) is 2.53. The van der Waals surface area contributed by atoms with Crippen LogP contribution in [0.25, 0.3) is 0 Å². The van der Waals surface area contributed by atoms with Gasteiger partial charge in [0.05, 0.1) is 14.2 Å². The van der Waals surface area contributed by atoms with E-state index in [9.17, 15) is 8.42 Å². The van der Waals surface area contributed by atoms with Crippen LogP contribution in [0, 0.1) is 12.8 Å². The van der Waals surface area contributed by atoms with Crippen LogP contribution in [-0.4, -0.2) is 64.6 Å². The van der Waals surface area contributed by atoms with E-state index in [0.717, 1.165) is 31.6 Å². The Balaban J connectivity index is 2.32. The molecule has 1 aromatic rings. The molecule has 1 aromatic carbocycles. The lowest BCUT2D eigenvalue weighted by Gasteiger charge is -2.25. The molecule has 0 spiro atoms. The van der Waals surface area contributed by atoms with E-state index < -0.39 is 10.0 Å². The quantitative estimate of drug-likeness (QED) is 0.703. The molecule has 1 aliphatic rings.